The van der Waals surface area contributed by atoms with Gasteiger partial charge < -0.3 is 19.4 Å². The Labute approximate surface area is 162 Å². The number of aryl methyl sites for hydroxylation is 1. The smallest absolute Gasteiger partial charge is 0.387 e. The summed E-state index contributed by atoms with van der Waals surface area (Å²) in [5.41, 5.74) is 3.16. The number of ketones is 2. The van der Waals surface area contributed by atoms with Gasteiger partial charge in [0.15, 0.2) is 17.3 Å². The van der Waals surface area contributed by atoms with Crippen LogP contribution in [0.2, 0.25) is 0 Å². The summed E-state index contributed by atoms with van der Waals surface area (Å²) in [5.74, 6) is -0.0116. The zero-order valence-corrected chi connectivity index (χ0v) is 16.6. The van der Waals surface area contributed by atoms with Crippen molar-refractivity contribution in [1.29, 1.82) is 0 Å². The van der Waals surface area contributed by atoms with Crippen LogP contribution in [0.3, 0.4) is 0 Å². The molecule has 8 heteroatoms. The number of hydrogen-bond acceptors (Lipinski definition) is 4. The Morgan fingerprint density at radius 3 is 2.43 bits per heavy atom. The number of Topliss-reactive ketones (excluding diaryl/α,β-unsaturated/α-hetero) is 2. The highest BCUT2D eigenvalue weighted by atomic mass is 19.3. The molecule has 1 heterocycles. The number of methoxy groups -OCH3 is 1. The summed E-state index contributed by atoms with van der Waals surface area (Å²) in [6.07, 6.45) is 0. The average molecular weight is 395 g/mol. The Bertz CT molecular complexity index is 877. The van der Waals surface area contributed by atoms with Crippen LogP contribution in [-0.4, -0.2) is 43.9 Å². The molecule has 6 nitrogen and oxygen atoms in total. The Hall–Kier alpha value is -2.74. The lowest BCUT2D eigenvalue weighted by atomic mass is 10.1. The minimum absolute atomic E-state index is 0.0378. The van der Waals surface area contributed by atoms with Crippen LogP contribution >= 0.6 is 0 Å². The molecule has 0 bridgehead atoms. The summed E-state index contributed by atoms with van der Waals surface area (Å²) in [7, 11) is 3.23. The SMILES string of the molecule is COc1cc(C[NH+](C)CC(=O)c2[nH]c(C)c(C(C)=O)c2C)ccc1OC(F)F. The number of alkyl halides is 2. The van der Waals surface area contributed by atoms with Crippen LogP contribution in [0.1, 0.15) is 44.6 Å². The number of halogens is 2. The molecule has 152 valence electrons. The van der Waals surface area contributed by atoms with Gasteiger partial charge in [-0.05, 0) is 44.5 Å². The highest BCUT2D eigenvalue weighted by Crippen LogP contribution is 2.29. The van der Waals surface area contributed by atoms with Crippen molar-refractivity contribution in [3.05, 3.63) is 46.3 Å². The number of rotatable bonds is 9. The predicted molar refractivity (Wildman–Crippen MR) is 99.7 cm³/mol. The van der Waals surface area contributed by atoms with Gasteiger partial charge in [-0.1, -0.05) is 0 Å². The van der Waals surface area contributed by atoms with E-state index in [-0.39, 0.29) is 29.6 Å². The number of benzene rings is 1. The highest BCUT2D eigenvalue weighted by Gasteiger charge is 2.22. The minimum Gasteiger partial charge on any atom is -0.493 e. The normalized spacial score (nSPS) is 12.1. The molecule has 1 atom stereocenters. The van der Waals surface area contributed by atoms with Crippen LogP contribution in [0.5, 0.6) is 11.5 Å². The van der Waals surface area contributed by atoms with Crippen molar-refractivity contribution in [1.82, 2.24) is 4.98 Å². The fourth-order valence-corrected chi connectivity index (χ4v) is 3.35. The number of nitrogens with one attached hydrogen (secondary N) is 2. The van der Waals surface area contributed by atoms with Gasteiger partial charge in [0.1, 0.15) is 13.1 Å². The molecular formula is C20H25F2N2O4+. The highest BCUT2D eigenvalue weighted by molar-refractivity contribution is 6.03. The molecular weight excluding hydrogens is 370 g/mol. The zero-order chi connectivity index (χ0) is 21.0. The standard InChI is InChI=1S/C20H24F2N2O4/c1-11-18(13(3)25)12(2)23-19(11)15(26)10-24(4)9-14-6-7-16(28-20(21)22)17(8-14)27-5/h6-8,20,23H,9-10H2,1-5H3/p+1. The summed E-state index contributed by atoms with van der Waals surface area (Å²) in [6.45, 7) is 2.76. The molecule has 1 aromatic carbocycles. The lowest BCUT2D eigenvalue weighted by Gasteiger charge is -2.15. The third-order valence-corrected chi connectivity index (χ3v) is 4.48. The number of likely N-dealkylation sites (N-methyl/N-ethyl adjacent to an activating group) is 1. The van der Waals surface area contributed by atoms with Gasteiger partial charge in [-0.2, -0.15) is 8.78 Å². The molecule has 0 saturated carbocycles. The van der Waals surface area contributed by atoms with E-state index in [0.29, 0.717) is 29.1 Å². The van der Waals surface area contributed by atoms with Crippen molar-refractivity contribution in [2.24, 2.45) is 0 Å². The van der Waals surface area contributed by atoms with E-state index in [1.54, 1.807) is 26.0 Å². The van der Waals surface area contributed by atoms with Gasteiger partial charge in [0.2, 0.25) is 5.78 Å². The maximum absolute atomic E-state index is 12.7. The largest absolute Gasteiger partial charge is 0.493 e. The molecule has 28 heavy (non-hydrogen) atoms. The van der Waals surface area contributed by atoms with E-state index in [9.17, 15) is 18.4 Å². The van der Waals surface area contributed by atoms with E-state index in [0.717, 1.165) is 10.5 Å². The molecule has 0 aliphatic carbocycles. The zero-order valence-electron chi connectivity index (χ0n) is 16.6. The van der Waals surface area contributed by atoms with E-state index in [4.69, 9.17) is 4.74 Å². The van der Waals surface area contributed by atoms with Crippen LogP contribution in [0.25, 0.3) is 0 Å². The maximum Gasteiger partial charge on any atom is 0.387 e. The van der Waals surface area contributed by atoms with Crippen LogP contribution in [0, 0.1) is 13.8 Å². The molecule has 0 saturated heterocycles. The molecule has 0 aliphatic rings. The van der Waals surface area contributed by atoms with Gasteiger partial charge in [0.05, 0.1) is 19.9 Å². The van der Waals surface area contributed by atoms with Crippen LogP contribution < -0.4 is 14.4 Å². The minimum atomic E-state index is -2.93. The van der Waals surface area contributed by atoms with E-state index >= 15 is 0 Å². The number of H-pyrrole nitrogens is 1. The second kappa shape index (κ2) is 8.97. The Kier molecular flexibility index (Phi) is 6.90. The second-order valence-corrected chi connectivity index (χ2v) is 6.78. The van der Waals surface area contributed by atoms with Crippen LogP contribution in [0.15, 0.2) is 18.2 Å². The molecule has 1 aromatic heterocycles. The van der Waals surface area contributed by atoms with Gasteiger partial charge in [-0.15, -0.1) is 0 Å². The Balaban J connectivity index is 2.10. The van der Waals surface area contributed by atoms with Crippen molar-refractivity contribution in [3.63, 3.8) is 0 Å². The van der Waals surface area contributed by atoms with Gasteiger partial charge in [-0.3, -0.25) is 9.59 Å². The number of aromatic nitrogens is 1. The fourth-order valence-electron chi connectivity index (χ4n) is 3.35. The summed E-state index contributed by atoms with van der Waals surface area (Å²) >= 11 is 0. The van der Waals surface area contributed by atoms with E-state index in [2.05, 4.69) is 9.72 Å². The summed E-state index contributed by atoms with van der Waals surface area (Å²) < 4.78 is 34.4. The molecule has 0 spiro atoms. The monoisotopic (exact) mass is 395 g/mol. The lowest BCUT2D eigenvalue weighted by Crippen LogP contribution is -3.08. The van der Waals surface area contributed by atoms with Gasteiger partial charge >= 0.3 is 6.61 Å². The molecule has 0 radical (unpaired) electrons. The van der Waals surface area contributed by atoms with E-state index in [1.165, 1.54) is 20.1 Å². The number of quaternary nitrogens is 1. The first-order valence-corrected chi connectivity index (χ1v) is 8.80. The summed E-state index contributed by atoms with van der Waals surface area (Å²) in [4.78, 5) is 28.3. The molecule has 1 unspecified atom stereocenters. The van der Waals surface area contributed by atoms with Gasteiger partial charge in [0.25, 0.3) is 0 Å². The maximum atomic E-state index is 12.7. The topological polar surface area (TPSA) is 72.8 Å². The summed E-state index contributed by atoms with van der Waals surface area (Å²) in [5, 5.41) is 0. The molecule has 2 N–H and O–H groups in total. The van der Waals surface area contributed by atoms with Crippen molar-refractivity contribution in [2.75, 3.05) is 20.7 Å². The van der Waals surface area contributed by atoms with Crippen molar-refractivity contribution >= 4 is 11.6 Å². The van der Waals surface area contributed by atoms with E-state index in [1.807, 2.05) is 7.05 Å². The molecule has 0 amide bonds. The number of carbonyl (C=O) groups excluding carboxylic acids is 2. The van der Waals surface area contributed by atoms with Gasteiger partial charge in [-0.25, -0.2) is 0 Å². The van der Waals surface area contributed by atoms with Crippen LogP contribution in [-0.2, 0) is 6.54 Å². The molecule has 2 rings (SSSR count). The predicted octanol–water partition coefficient (Wildman–Crippen LogP) is 2.34. The Morgan fingerprint density at radius 2 is 1.89 bits per heavy atom. The first kappa shape index (κ1) is 21.6. The number of aromatic amines is 1. The first-order valence-electron chi connectivity index (χ1n) is 8.80. The third-order valence-electron chi connectivity index (χ3n) is 4.48. The lowest BCUT2D eigenvalue weighted by molar-refractivity contribution is -0.884. The average Bonchev–Trinajstić information content (AvgIpc) is 2.90. The van der Waals surface area contributed by atoms with E-state index < -0.39 is 6.61 Å². The second-order valence-electron chi connectivity index (χ2n) is 6.78. The van der Waals surface area contributed by atoms with Gasteiger partial charge in [0, 0.05) is 16.8 Å². The van der Waals surface area contributed by atoms with Crippen molar-refractivity contribution < 1.29 is 32.7 Å². The third kappa shape index (κ3) is 4.95. The quantitative estimate of drug-likeness (QED) is 0.640. The summed E-state index contributed by atoms with van der Waals surface area (Å²) in [6, 6.07) is 4.70. The molecule has 0 aliphatic heterocycles. The van der Waals surface area contributed by atoms with Crippen molar-refractivity contribution in [3.8, 4) is 11.5 Å². The molecule has 0 fully saturated rings. The molecule has 2 aromatic rings. The number of carbonyl (C=O) groups is 2. The number of ether oxygens (including phenoxy) is 2. The van der Waals surface area contributed by atoms with Crippen LogP contribution in [0.4, 0.5) is 8.78 Å². The Morgan fingerprint density at radius 1 is 1.21 bits per heavy atom. The fraction of sp³-hybridized carbons (Fsp3) is 0.400. The number of hydrogen-bond donors (Lipinski definition) is 2. The van der Waals surface area contributed by atoms with Crippen molar-refractivity contribution in [2.45, 2.75) is 33.9 Å². The first-order chi connectivity index (χ1) is 13.1.